The van der Waals surface area contributed by atoms with E-state index < -0.39 is 18.2 Å². The number of hydrogen-bond acceptors (Lipinski definition) is 3. The van der Waals surface area contributed by atoms with Crippen molar-refractivity contribution in [2.45, 2.75) is 30.8 Å². The summed E-state index contributed by atoms with van der Waals surface area (Å²) >= 11 is 6.08. The van der Waals surface area contributed by atoms with Crippen molar-refractivity contribution in [3.63, 3.8) is 0 Å². The molecule has 8 heteroatoms. The molecule has 1 unspecified atom stereocenters. The fraction of sp³-hybridized carbons (Fsp3) is 0.417. The van der Waals surface area contributed by atoms with Gasteiger partial charge in [0.15, 0.2) is 0 Å². The van der Waals surface area contributed by atoms with E-state index in [9.17, 15) is 19.1 Å². The molecule has 6 nitrogen and oxygen atoms in total. The lowest BCUT2D eigenvalue weighted by Crippen LogP contribution is -2.45. The number of hydrogen-bond donors (Lipinski definition) is 2. The molecule has 2 fully saturated rings. The van der Waals surface area contributed by atoms with Gasteiger partial charge in [-0.25, -0.2) is 9.18 Å². The van der Waals surface area contributed by atoms with Crippen molar-refractivity contribution in [1.82, 2.24) is 15.1 Å². The van der Waals surface area contributed by atoms with Gasteiger partial charge in [-0.1, -0.05) is 35.9 Å². The van der Waals surface area contributed by atoms with Gasteiger partial charge in [0.2, 0.25) is 5.91 Å². The number of amides is 2. The van der Waals surface area contributed by atoms with E-state index in [1.807, 2.05) is 17.0 Å². The van der Waals surface area contributed by atoms with E-state index in [1.165, 1.54) is 24.1 Å². The van der Waals surface area contributed by atoms with Gasteiger partial charge in [0.25, 0.3) is 0 Å². The third-order valence-electron chi connectivity index (χ3n) is 6.70. The van der Waals surface area contributed by atoms with E-state index in [2.05, 4.69) is 5.32 Å². The monoisotopic (exact) mass is 459 g/mol. The van der Waals surface area contributed by atoms with Crippen LogP contribution in [0.2, 0.25) is 5.02 Å². The Bertz CT molecular complexity index is 963. The number of nitrogens with one attached hydrogen (secondary N) is 1. The van der Waals surface area contributed by atoms with Gasteiger partial charge in [0.05, 0.1) is 12.1 Å². The Kier molecular flexibility index (Phi) is 6.67. The van der Waals surface area contributed by atoms with Gasteiger partial charge < -0.3 is 20.2 Å². The molecule has 0 aliphatic carbocycles. The number of carboxylic acid groups (broad SMARTS) is 1. The van der Waals surface area contributed by atoms with Crippen LogP contribution in [0.15, 0.2) is 48.5 Å². The first-order valence-electron chi connectivity index (χ1n) is 10.8. The van der Waals surface area contributed by atoms with E-state index in [0.717, 1.165) is 37.1 Å². The summed E-state index contributed by atoms with van der Waals surface area (Å²) in [6, 6.07) is 12.3. The van der Waals surface area contributed by atoms with Crippen LogP contribution in [0.5, 0.6) is 0 Å². The highest BCUT2D eigenvalue weighted by Crippen LogP contribution is 2.44. The molecule has 2 amide bonds. The summed E-state index contributed by atoms with van der Waals surface area (Å²) in [6.07, 6.45) is 0.421. The highest BCUT2D eigenvalue weighted by atomic mass is 35.5. The van der Waals surface area contributed by atoms with E-state index in [-0.39, 0.29) is 23.6 Å². The quantitative estimate of drug-likeness (QED) is 0.721. The van der Waals surface area contributed by atoms with Gasteiger partial charge in [-0.3, -0.25) is 4.79 Å². The van der Waals surface area contributed by atoms with Crippen molar-refractivity contribution in [1.29, 1.82) is 0 Å². The molecule has 2 N–H and O–H groups in total. The third kappa shape index (κ3) is 4.45. The van der Waals surface area contributed by atoms with Crippen molar-refractivity contribution in [2.75, 3.05) is 26.7 Å². The smallest absolute Gasteiger partial charge is 0.407 e. The first-order chi connectivity index (χ1) is 15.4. The highest BCUT2D eigenvalue weighted by Gasteiger charge is 2.49. The second-order valence-corrected chi connectivity index (χ2v) is 8.99. The molecule has 32 heavy (non-hydrogen) atoms. The number of likely N-dealkylation sites (tertiary alicyclic amines) is 1. The molecule has 2 aliphatic rings. The van der Waals surface area contributed by atoms with E-state index in [4.69, 9.17) is 11.6 Å². The standard InChI is InChI=1S/C24H27ClFN3O3/c1-28(24(31)32)22-20(15-2-6-18(25)7-3-15)14-29(23(30)17-10-12-27-13-11-17)21(22)16-4-8-19(26)9-5-16/h2-9,17,20-22,27H,10-14H2,1H3,(H,31,32)/t20-,21?,22-/m0/s1. The molecule has 0 saturated carbocycles. The summed E-state index contributed by atoms with van der Waals surface area (Å²) in [7, 11) is 1.53. The van der Waals surface area contributed by atoms with Crippen LogP contribution in [0.3, 0.4) is 0 Å². The molecule has 0 radical (unpaired) electrons. The number of nitrogens with zero attached hydrogens (tertiary/aromatic N) is 2. The summed E-state index contributed by atoms with van der Waals surface area (Å²) in [4.78, 5) is 28.8. The van der Waals surface area contributed by atoms with Crippen LogP contribution in [-0.4, -0.2) is 59.6 Å². The Hall–Kier alpha value is -2.64. The molecule has 0 bridgehead atoms. The topological polar surface area (TPSA) is 72.9 Å². The fourth-order valence-corrected chi connectivity index (χ4v) is 5.15. The van der Waals surface area contributed by atoms with Crippen molar-refractivity contribution >= 4 is 23.6 Å². The molecular formula is C24H27ClFN3O3. The number of rotatable bonds is 4. The number of carbonyl (C=O) groups excluding carboxylic acids is 1. The lowest BCUT2D eigenvalue weighted by atomic mass is 9.87. The van der Waals surface area contributed by atoms with Crippen LogP contribution in [0, 0.1) is 11.7 Å². The maximum atomic E-state index is 13.7. The van der Waals surface area contributed by atoms with Crippen LogP contribution in [0.4, 0.5) is 9.18 Å². The molecule has 170 valence electrons. The zero-order valence-electron chi connectivity index (χ0n) is 17.9. The van der Waals surface area contributed by atoms with Crippen LogP contribution in [-0.2, 0) is 4.79 Å². The van der Waals surface area contributed by atoms with Crippen molar-refractivity contribution in [2.24, 2.45) is 5.92 Å². The molecular weight excluding hydrogens is 433 g/mol. The number of piperidine rings is 1. The predicted molar refractivity (Wildman–Crippen MR) is 120 cm³/mol. The third-order valence-corrected chi connectivity index (χ3v) is 6.95. The van der Waals surface area contributed by atoms with E-state index >= 15 is 0 Å². The summed E-state index contributed by atoms with van der Waals surface area (Å²) in [6.45, 7) is 1.95. The Balaban J connectivity index is 1.79. The van der Waals surface area contributed by atoms with Crippen LogP contribution >= 0.6 is 11.6 Å². The largest absolute Gasteiger partial charge is 0.465 e. The molecule has 0 spiro atoms. The lowest BCUT2D eigenvalue weighted by molar-refractivity contribution is -0.137. The van der Waals surface area contributed by atoms with Crippen LogP contribution < -0.4 is 5.32 Å². The highest BCUT2D eigenvalue weighted by molar-refractivity contribution is 6.30. The van der Waals surface area contributed by atoms with Gasteiger partial charge in [0.1, 0.15) is 5.82 Å². The van der Waals surface area contributed by atoms with Crippen molar-refractivity contribution in [3.8, 4) is 0 Å². The normalized spacial score (nSPS) is 23.8. The minimum atomic E-state index is -1.07. The zero-order valence-corrected chi connectivity index (χ0v) is 18.6. The molecule has 2 aromatic rings. The Morgan fingerprint density at radius 1 is 1.06 bits per heavy atom. The SMILES string of the molecule is CN(C(=O)O)[C@@H]1C(c2ccc(F)cc2)N(C(=O)C2CCNCC2)C[C@H]1c1ccc(Cl)cc1. The number of carbonyl (C=O) groups is 2. The maximum absolute atomic E-state index is 13.7. The Morgan fingerprint density at radius 2 is 1.66 bits per heavy atom. The summed E-state index contributed by atoms with van der Waals surface area (Å²) in [5.74, 6) is -0.700. The van der Waals surface area contributed by atoms with Gasteiger partial charge in [-0.15, -0.1) is 0 Å². The van der Waals surface area contributed by atoms with Crippen LogP contribution in [0.1, 0.15) is 35.9 Å². The fourth-order valence-electron chi connectivity index (χ4n) is 5.03. The minimum absolute atomic E-state index is 0.0288. The van der Waals surface area contributed by atoms with Gasteiger partial charge in [0, 0.05) is 30.5 Å². The maximum Gasteiger partial charge on any atom is 0.407 e. The molecule has 0 aromatic heterocycles. The van der Waals surface area contributed by atoms with Crippen LogP contribution in [0.25, 0.3) is 0 Å². The summed E-state index contributed by atoms with van der Waals surface area (Å²) in [5, 5.41) is 13.7. The molecule has 2 aromatic carbocycles. The molecule has 2 aliphatic heterocycles. The number of benzene rings is 2. The van der Waals surface area contributed by atoms with E-state index in [1.54, 1.807) is 24.3 Å². The average Bonchev–Trinajstić information content (AvgIpc) is 3.20. The molecule has 3 atom stereocenters. The van der Waals surface area contributed by atoms with Gasteiger partial charge in [-0.2, -0.15) is 0 Å². The van der Waals surface area contributed by atoms with Crippen molar-refractivity contribution < 1.29 is 19.1 Å². The number of halogens is 2. The Labute approximate surface area is 192 Å². The first-order valence-corrected chi connectivity index (χ1v) is 11.2. The minimum Gasteiger partial charge on any atom is -0.465 e. The second kappa shape index (κ2) is 9.46. The van der Waals surface area contributed by atoms with Gasteiger partial charge >= 0.3 is 6.09 Å². The Morgan fingerprint density at radius 3 is 2.25 bits per heavy atom. The zero-order chi connectivity index (χ0) is 22.8. The average molecular weight is 460 g/mol. The van der Waals surface area contributed by atoms with Crippen molar-refractivity contribution in [3.05, 3.63) is 70.5 Å². The summed E-state index contributed by atoms with van der Waals surface area (Å²) in [5.41, 5.74) is 1.64. The predicted octanol–water partition coefficient (Wildman–Crippen LogP) is 4.12. The lowest BCUT2D eigenvalue weighted by Gasteiger charge is -2.35. The second-order valence-electron chi connectivity index (χ2n) is 8.55. The molecule has 2 heterocycles. The van der Waals surface area contributed by atoms with Gasteiger partial charge in [-0.05, 0) is 61.3 Å². The number of likely N-dealkylation sites (N-methyl/N-ethyl adjacent to an activating group) is 1. The molecule has 2 saturated heterocycles. The summed E-state index contributed by atoms with van der Waals surface area (Å²) < 4.78 is 13.7. The first kappa shape index (κ1) is 22.6. The van der Waals surface area contributed by atoms with E-state index in [0.29, 0.717) is 11.6 Å². The molecule has 4 rings (SSSR count).